The van der Waals surface area contributed by atoms with Crippen molar-refractivity contribution in [1.82, 2.24) is 9.62 Å². The second-order valence-electron chi connectivity index (χ2n) is 15.6. The fourth-order valence-corrected chi connectivity index (χ4v) is 9.94. The molecule has 0 radical (unpaired) electrons. The number of nitrogens with one attached hydrogen (secondary N) is 1. The standard InChI is InChI=1S/C45H54N3O10PS/c1-45(2,25-13-26-46)33-48(60(50,51)38-22-20-37(52-3)21-23-38)29-41(58-59(55-30-35-16-9-5-10-17-35)56-31-36-18-11-6-12-19-36)40(28-34-14-7-4-8-15-34)47-44(49)57-42-32-54-43-39(42)24-27-53-43/h4-12,14-23,39-43H,13,24-25,27-33H2,1-3H3,(H,47,49)/t39-,40-,41+,42-,43+/m0/s1. The number of benzene rings is 4. The zero-order valence-electron chi connectivity index (χ0n) is 34.3. The Bertz CT molecular complexity index is 2030. The van der Waals surface area contributed by atoms with E-state index < -0.39 is 54.7 Å². The number of methoxy groups -OCH3 is 1. The van der Waals surface area contributed by atoms with E-state index in [1.54, 1.807) is 12.1 Å². The van der Waals surface area contributed by atoms with Crippen LogP contribution in [0.4, 0.5) is 4.79 Å². The molecule has 2 heterocycles. The minimum Gasteiger partial charge on any atom is -0.497 e. The molecule has 4 aromatic rings. The third kappa shape index (κ3) is 13.0. The number of carbonyl (C=O) groups excluding carboxylic acids is 1. The molecular formula is C45H54N3O10PS. The van der Waals surface area contributed by atoms with E-state index in [0.29, 0.717) is 25.2 Å². The van der Waals surface area contributed by atoms with E-state index in [1.165, 1.54) is 23.5 Å². The number of fused-ring (bicyclic) bond motifs is 1. The molecule has 15 heteroatoms. The third-order valence-electron chi connectivity index (χ3n) is 10.5. The van der Waals surface area contributed by atoms with Gasteiger partial charge >= 0.3 is 14.7 Å². The van der Waals surface area contributed by atoms with Crippen LogP contribution in [0.15, 0.2) is 120 Å². The summed E-state index contributed by atoms with van der Waals surface area (Å²) in [5.41, 5.74) is 1.99. The lowest BCUT2D eigenvalue weighted by atomic mass is 9.88. The highest BCUT2D eigenvalue weighted by Gasteiger charge is 2.44. The summed E-state index contributed by atoms with van der Waals surface area (Å²) in [5, 5.41) is 12.6. The minimum absolute atomic E-state index is 0.0293. The number of hydrogen-bond acceptors (Lipinski definition) is 11. The van der Waals surface area contributed by atoms with E-state index in [0.717, 1.165) is 16.7 Å². The molecule has 0 unspecified atom stereocenters. The second kappa shape index (κ2) is 21.9. The fourth-order valence-electron chi connectivity index (χ4n) is 7.16. The number of ether oxygens (including phenoxy) is 4. The molecule has 2 aliphatic heterocycles. The van der Waals surface area contributed by atoms with Crippen LogP contribution in [0.3, 0.4) is 0 Å². The lowest BCUT2D eigenvalue weighted by molar-refractivity contribution is -0.0907. The Morgan fingerprint density at radius 2 is 1.50 bits per heavy atom. The van der Waals surface area contributed by atoms with E-state index in [4.69, 9.17) is 32.5 Å². The van der Waals surface area contributed by atoms with Crippen molar-refractivity contribution in [3.63, 3.8) is 0 Å². The first kappa shape index (κ1) is 45.1. The lowest BCUT2D eigenvalue weighted by Crippen LogP contribution is -2.53. The molecule has 1 amide bonds. The van der Waals surface area contributed by atoms with Gasteiger partial charge in [-0.2, -0.15) is 9.57 Å². The lowest BCUT2D eigenvalue weighted by Gasteiger charge is -2.37. The molecule has 2 saturated heterocycles. The van der Waals surface area contributed by atoms with Crippen LogP contribution >= 0.6 is 8.60 Å². The van der Waals surface area contributed by atoms with Crippen molar-refractivity contribution in [1.29, 1.82) is 5.26 Å². The molecule has 1 N–H and O–H groups in total. The van der Waals surface area contributed by atoms with Crippen LogP contribution in [-0.2, 0) is 57.4 Å². The summed E-state index contributed by atoms with van der Waals surface area (Å²) in [4.78, 5) is 14.0. The normalized spacial score (nSPS) is 18.8. The quantitative estimate of drug-likeness (QED) is 0.0762. The number of nitrogens with zero attached hydrogens (tertiary/aromatic N) is 2. The Balaban J connectivity index is 1.39. The number of nitriles is 1. The van der Waals surface area contributed by atoms with E-state index in [1.807, 2.05) is 105 Å². The van der Waals surface area contributed by atoms with Gasteiger partial charge in [0.25, 0.3) is 0 Å². The Hall–Kier alpha value is -4.42. The Kier molecular flexibility index (Phi) is 16.5. The molecule has 0 spiro atoms. The zero-order valence-corrected chi connectivity index (χ0v) is 36.0. The van der Waals surface area contributed by atoms with Gasteiger partial charge in [-0.25, -0.2) is 13.2 Å². The third-order valence-corrected chi connectivity index (χ3v) is 13.4. The molecule has 6 rings (SSSR count). The molecule has 320 valence electrons. The topological polar surface area (TPSA) is 155 Å². The van der Waals surface area contributed by atoms with Crippen molar-refractivity contribution in [2.75, 3.05) is 33.4 Å². The summed E-state index contributed by atoms with van der Waals surface area (Å²) in [6.45, 7) is 4.66. The van der Waals surface area contributed by atoms with E-state index in [-0.39, 0.29) is 56.6 Å². The predicted molar refractivity (Wildman–Crippen MR) is 226 cm³/mol. The van der Waals surface area contributed by atoms with Gasteiger partial charge < -0.3 is 37.8 Å². The van der Waals surface area contributed by atoms with Crippen molar-refractivity contribution in [3.8, 4) is 11.8 Å². The summed E-state index contributed by atoms with van der Waals surface area (Å²) < 4.78 is 73.5. The van der Waals surface area contributed by atoms with Gasteiger partial charge in [0.1, 0.15) is 18.0 Å². The largest absolute Gasteiger partial charge is 0.497 e. The molecule has 0 aromatic heterocycles. The van der Waals surface area contributed by atoms with Crippen LogP contribution in [0.2, 0.25) is 0 Å². The molecule has 4 aromatic carbocycles. The summed E-state index contributed by atoms with van der Waals surface area (Å²) in [7, 11) is -4.89. The number of rotatable bonds is 22. The Morgan fingerprint density at radius 3 is 2.08 bits per heavy atom. The molecule has 5 atom stereocenters. The number of amides is 1. The van der Waals surface area contributed by atoms with E-state index >= 15 is 0 Å². The smallest absolute Gasteiger partial charge is 0.407 e. The average molecular weight is 860 g/mol. The number of hydrogen-bond donors (Lipinski definition) is 1. The molecule has 2 aliphatic rings. The summed E-state index contributed by atoms with van der Waals surface area (Å²) >= 11 is 0. The summed E-state index contributed by atoms with van der Waals surface area (Å²) in [5.74, 6) is 0.406. The van der Waals surface area contributed by atoms with Crippen molar-refractivity contribution < 1.29 is 45.7 Å². The number of carbonyl (C=O) groups is 1. The second-order valence-corrected chi connectivity index (χ2v) is 18.7. The first-order valence-electron chi connectivity index (χ1n) is 20.1. The maximum absolute atomic E-state index is 14.8. The van der Waals surface area contributed by atoms with Gasteiger partial charge in [-0.05, 0) is 65.6 Å². The van der Waals surface area contributed by atoms with Crippen LogP contribution in [0.5, 0.6) is 5.75 Å². The van der Waals surface area contributed by atoms with Gasteiger partial charge in [-0.3, -0.25) is 0 Å². The highest BCUT2D eigenvalue weighted by atomic mass is 32.2. The fraction of sp³-hybridized carbons (Fsp3) is 0.422. The summed E-state index contributed by atoms with van der Waals surface area (Å²) in [6, 6.07) is 36.2. The maximum Gasteiger partial charge on any atom is 0.407 e. The molecular weight excluding hydrogens is 806 g/mol. The van der Waals surface area contributed by atoms with Crippen molar-refractivity contribution in [2.24, 2.45) is 11.3 Å². The number of sulfonamides is 1. The van der Waals surface area contributed by atoms with Crippen molar-refractivity contribution >= 4 is 24.7 Å². The molecule has 13 nitrogen and oxygen atoms in total. The highest BCUT2D eigenvalue weighted by molar-refractivity contribution is 7.89. The first-order chi connectivity index (χ1) is 29.0. The van der Waals surface area contributed by atoms with Crippen LogP contribution in [0.25, 0.3) is 0 Å². The molecule has 60 heavy (non-hydrogen) atoms. The van der Waals surface area contributed by atoms with Gasteiger partial charge in [0.05, 0.1) is 56.5 Å². The zero-order chi connectivity index (χ0) is 42.4. The van der Waals surface area contributed by atoms with Gasteiger partial charge in [0.2, 0.25) is 10.0 Å². The predicted octanol–water partition coefficient (Wildman–Crippen LogP) is 8.16. The Labute approximate surface area is 354 Å². The molecule has 0 bridgehead atoms. The Morgan fingerprint density at radius 1 is 0.900 bits per heavy atom. The monoisotopic (exact) mass is 859 g/mol. The average Bonchev–Trinajstić information content (AvgIpc) is 3.89. The van der Waals surface area contributed by atoms with Crippen LogP contribution < -0.4 is 10.1 Å². The highest BCUT2D eigenvalue weighted by Crippen LogP contribution is 2.44. The van der Waals surface area contributed by atoms with Crippen molar-refractivity contribution in [2.45, 2.75) is 82.2 Å². The SMILES string of the molecule is COc1ccc(S(=O)(=O)N(C[C@@H](OP(OCc2ccccc2)OCc2ccccc2)[C@H](Cc2ccccc2)NC(=O)O[C@H]2CO[C@H]3OCC[C@H]32)CC(C)(C)CCC#N)cc1. The van der Waals surface area contributed by atoms with Gasteiger partial charge in [0, 0.05) is 19.5 Å². The van der Waals surface area contributed by atoms with Crippen LogP contribution in [0, 0.1) is 22.7 Å². The summed E-state index contributed by atoms with van der Waals surface area (Å²) in [6.07, 6.45) is -1.10. The molecule has 0 saturated carbocycles. The number of alkyl carbamates (subject to hydrolysis) is 1. The minimum atomic E-state index is -4.22. The first-order valence-corrected chi connectivity index (χ1v) is 22.6. The van der Waals surface area contributed by atoms with Gasteiger partial charge in [0.15, 0.2) is 6.29 Å². The molecule has 2 fully saturated rings. The van der Waals surface area contributed by atoms with Gasteiger partial charge in [-0.1, -0.05) is 105 Å². The van der Waals surface area contributed by atoms with Gasteiger partial charge in [-0.15, -0.1) is 0 Å². The van der Waals surface area contributed by atoms with Crippen LogP contribution in [0.1, 0.15) is 49.8 Å². The molecule has 0 aliphatic carbocycles. The van der Waals surface area contributed by atoms with Crippen molar-refractivity contribution in [3.05, 3.63) is 132 Å². The van der Waals surface area contributed by atoms with E-state index in [9.17, 15) is 18.5 Å². The maximum atomic E-state index is 14.8. The van der Waals surface area contributed by atoms with Crippen LogP contribution in [-0.4, -0.2) is 76.8 Å². The van der Waals surface area contributed by atoms with E-state index in [2.05, 4.69) is 11.4 Å².